The molecule has 0 N–H and O–H groups in total. The van der Waals surface area contributed by atoms with Crippen LogP contribution in [0.25, 0.3) is 33.3 Å². The van der Waals surface area contributed by atoms with E-state index in [0.29, 0.717) is 11.8 Å². The van der Waals surface area contributed by atoms with Gasteiger partial charge in [-0.1, -0.05) is 63.6 Å². The second-order valence-electron chi connectivity index (χ2n) is 13.8. The number of ether oxygens (including phenoxy) is 1. The first-order chi connectivity index (χ1) is 21.6. The van der Waals surface area contributed by atoms with E-state index in [1.165, 1.54) is 39.6 Å². The Morgan fingerprint density at radius 3 is 2.38 bits per heavy atom. The molecule has 0 fully saturated rings. The number of hydrogen-bond acceptors (Lipinski definition) is 3. The molecule has 5 nitrogen and oxygen atoms in total. The lowest BCUT2D eigenvalue weighted by Gasteiger charge is -2.32. The van der Waals surface area contributed by atoms with Crippen molar-refractivity contribution in [1.29, 1.82) is 0 Å². The van der Waals surface area contributed by atoms with E-state index in [1.54, 1.807) is 0 Å². The van der Waals surface area contributed by atoms with Gasteiger partial charge in [-0.3, -0.25) is 4.57 Å². The number of nitrogens with zero attached hydrogens (tertiary/aromatic N) is 4. The van der Waals surface area contributed by atoms with Gasteiger partial charge in [0.05, 0.1) is 28.1 Å². The molecule has 3 aromatic carbocycles. The van der Waals surface area contributed by atoms with E-state index in [2.05, 4.69) is 131 Å². The van der Waals surface area contributed by atoms with Gasteiger partial charge in [0.15, 0.2) is 0 Å². The van der Waals surface area contributed by atoms with Crippen LogP contribution in [0.1, 0.15) is 75.9 Å². The third kappa shape index (κ3) is 5.14. The van der Waals surface area contributed by atoms with Crippen LogP contribution < -0.4 is 4.74 Å². The fourth-order valence-electron chi connectivity index (χ4n) is 7.37. The van der Waals surface area contributed by atoms with Crippen molar-refractivity contribution in [3.63, 3.8) is 0 Å². The smallest absolute Gasteiger partial charge is 0.137 e. The Morgan fingerprint density at radius 2 is 1.60 bits per heavy atom. The molecule has 0 amide bonds. The van der Waals surface area contributed by atoms with Gasteiger partial charge in [0, 0.05) is 46.0 Å². The largest absolute Gasteiger partial charge is 0.457 e. The summed E-state index contributed by atoms with van der Waals surface area (Å²) in [5, 5.41) is 7.55. The maximum absolute atomic E-state index is 6.59. The van der Waals surface area contributed by atoms with E-state index in [0.717, 1.165) is 46.2 Å². The maximum Gasteiger partial charge on any atom is 0.137 e. The summed E-state index contributed by atoms with van der Waals surface area (Å²) in [5.74, 6) is 3.43. The van der Waals surface area contributed by atoms with Crippen LogP contribution in [-0.2, 0) is 5.41 Å². The predicted octanol–water partition coefficient (Wildman–Crippen LogP) is 10.5. The van der Waals surface area contributed by atoms with Crippen molar-refractivity contribution in [3.8, 4) is 23.0 Å². The Hall–Kier alpha value is -4.64. The number of pyridine rings is 1. The van der Waals surface area contributed by atoms with Gasteiger partial charge in [0.1, 0.15) is 17.3 Å². The second kappa shape index (κ2) is 11.1. The average Bonchev–Trinajstić information content (AvgIpc) is 3.52. The quantitative estimate of drug-likeness (QED) is 0.187. The molecule has 1 aliphatic carbocycles. The van der Waals surface area contributed by atoms with Gasteiger partial charge in [0.2, 0.25) is 0 Å². The summed E-state index contributed by atoms with van der Waals surface area (Å²) in [6.07, 6.45) is 6.67. The first kappa shape index (κ1) is 29.1. The normalized spacial score (nSPS) is 17.2. The third-order valence-electron chi connectivity index (χ3n) is 9.35. The summed E-state index contributed by atoms with van der Waals surface area (Å²) in [4.78, 5) is 4.73. The number of rotatable bonds is 5. The van der Waals surface area contributed by atoms with E-state index < -0.39 is 0 Å². The summed E-state index contributed by atoms with van der Waals surface area (Å²) in [6, 6.07) is 27.3. The number of allylic oxidation sites excluding steroid dienone is 2. The topological polar surface area (TPSA) is 44.9 Å². The molecule has 0 spiro atoms. The first-order valence-corrected chi connectivity index (χ1v) is 16.1. The minimum absolute atomic E-state index is 0.0901. The molecule has 3 heterocycles. The molecule has 0 aliphatic heterocycles. The van der Waals surface area contributed by atoms with E-state index in [1.807, 2.05) is 18.3 Å². The molecule has 228 valence electrons. The highest BCUT2D eigenvalue weighted by atomic mass is 16.5. The number of aromatic nitrogens is 4. The van der Waals surface area contributed by atoms with Crippen molar-refractivity contribution in [2.24, 2.45) is 5.92 Å². The SMILES string of the molecule is CC1=CCC[C@H](C)[C@@H]1c1c(C)nn(-c2cccc(Oc3ccc4c5ccccc5n(-c5cc(C)ccn5)c4c3)c2)c1C(C)(C)C. The molecule has 0 saturated heterocycles. The van der Waals surface area contributed by atoms with Crippen molar-refractivity contribution in [1.82, 2.24) is 19.3 Å². The number of aryl methyl sites for hydroxylation is 2. The van der Waals surface area contributed by atoms with Crippen LogP contribution in [0.15, 0.2) is 96.7 Å². The van der Waals surface area contributed by atoms with Crippen LogP contribution in [0.4, 0.5) is 0 Å². The van der Waals surface area contributed by atoms with Gasteiger partial charge in [0.25, 0.3) is 0 Å². The zero-order valence-electron chi connectivity index (χ0n) is 27.4. The van der Waals surface area contributed by atoms with E-state index in [-0.39, 0.29) is 5.41 Å². The zero-order chi connectivity index (χ0) is 31.5. The molecule has 0 bridgehead atoms. The van der Waals surface area contributed by atoms with Gasteiger partial charge in [-0.2, -0.15) is 5.10 Å². The van der Waals surface area contributed by atoms with Gasteiger partial charge in [-0.05, 0) is 87.6 Å². The zero-order valence-corrected chi connectivity index (χ0v) is 27.4. The Bertz CT molecular complexity index is 2090. The lowest BCUT2D eigenvalue weighted by molar-refractivity contribution is 0.437. The lowest BCUT2D eigenvalue weighted by Crippen LogP contribution is -2.24. The highest BCUT2D eigenvalue weighted by Crippen LogP contribution is 2.45. The van der Waals surface area contributed by atoms with Crippen LogP contribution in [0, 0.1) is 19.8 Å². The fourth-order valence-corrected chi connectivity index (χ4v) is 7.37. The van der Waals surface area contributed by atoms with Crippen LogP contribution in [0.5, 0.6) is 11.5 Å². The van der Waals surface area contributed by atoms with Gasteiger partial charge in [-0.15, -0.1) is 0 Å². The molecular weight excluding hydrogens is 552 g/mol. The summed E-state index contributed by atoms with van der Waals surface area (Å²) >= 11 is 0. The molecule has 2 atom stereocenters. The van der Waals surface area contributed by atoms with E-state index in [4.69, 9.17) is 14.8 Å². The molecule has 0 saturated carbocycles. The molecule has 45 heavy (non-hydrogen) atoms. The van der Waals surface area contributed by atoms with Gasteiger partial charge in [-0.25, -0.2) is 9.67 Å². The van der Waals surface area contributed by atoms with Crippen molar-refractivity contribution in [2.45, 2.75) is 72.6 Å². The third-order valence-corrected chi connectivity index (χ3v) is 9.35. The first-order valence-electron chi connectivity index (χ1n) is 16.1. The summed E-state index contributed by atoms with van der Waals surface area (Å²) in [5.41, 5.74) is 9.53. The van der Waals surface area contributed by atoms with Crippen molar-refractivity contribution < 1.29 is 4.74 Å². The standard InChI is InChI=1S/C40H42N4O/c1-25-20-21-41-36(22-25)43-34-17-9-8-16-32(34)33-19-18-31(24-35(33)43)45-30-15-11-14-29(23-30)44-39(40(5,6)7)38(28(4)42-44)37-26(2)12-10-13-27(37)3/h8-9,11-12,14-24,27,37H,10,13H2,1-7H3/t27-,37+/m0/s1. The molecule has 6 aromatic rings. The summed E-state index contributed by atoms with van der Waals surface area (Å²) < 4.78 is 11.0. The number of hydrogen-bond donors (Lipinski definition) is 0. The molecule has 1 aliphatic rings. The Kier molecular flexibility index (Phi) is 7.15. The minimum atomic E-state index is -0.0901. The van der Waals surface area contributed by atoms with Gasteiger partial charge < -0.3 is 4.74 Å². The number of para-hydroxylation sites is 1. The Labute approximate surface area is 266 Å². The molecular formula is C40H42N4O. The molecule has 0 radical (unpaired) electrons. The Balaban J connectivity index is 1.31. The average molecular weight is 595 g/mol. The van der Waals surface area contributed by atoms with Crippen molar-refractivity contribution in [3.05, 3.63) is 119 Å². The fraction of sp³-hybridized carbons (Fsp3) is 0.300. The monoisotopic (exact) mass is 594 g/mol. The van der Waals surface area contributed by atoms with E-state index >= 15 is 0 Å². The number of benzene rings is 3. The maximum atomic E-state index is 6.59. The molecule has 7 rings (SSSR count). The summed E-state index contributed by atoms with van der Waals surface area (Å²) in [6.45, 7) is 15.9. The Morgan fingerprint density at radius 1 is 0.822 bits per heavy atom. The van der Waals surface area contributed by atoms with Crippen molar-refractivity contribution >= 4 is 21.8 Å². The minimum Gasteiger partial charge on any atom is -0.457 e. The predicted molar refractivity (Wildman–Crippen MR) is 185 cm³/mol. The van der Waals surface area contributed by atoms with Crippen molar-refractivity contribution in [2.75, 3.05) is 0 Å². The number of fused-ring (bicyclic) bond motifs is 3. The van der Waals surface area contributed by atoms with E-state index in [9.17, 15) is 0 Å². The van der Waals surface area contributed by atoms with Crippen LogP contribution in [0.3, 0.4) is 0 Å². The van der Waals surface area contributed by atoms with Crippen LogP contribution in [0.2, 0.25) is 0 Å². The second-order valence-corrected chi connectivity index (χ2v) is 13.8. The molecule has 5 heteroatoms. The van der Waals surface area contributed by atoms with Crippen LogP contribution >= 0.6 is 0 Å². The molecule has 3 aromatic heterocycles. The highest BCUT2D eigenvalue weighted by Gasteiger charge is 2.35. The lowest BCUT2D eigenvalue weighted by atomic mass is 9.72. The highest BCUT2D eigenvalue weighted by molar-refractivity contribution is 6.09. The summed E-state index contributed by atoms with van der Waals surface area (Å²) in [7, 11) is 0. The molecule has 0 unspecified atom stereocenters. The van der Waals surface area contributed by atoms with Crippen LogP contribution in [-0.4, -0.2) is 19.3 Å². The van der Waals surface area contributed by atoms with Gasteiger partial charge >= 0.3 is 0 Å².